The van der Waals surface area contributed by atoms with E-state index >= 15 is 0 Å². The molecule has 16 heavy (non-hydrogen) atoms. The summed E-state index contributed by atoms with van der Waals surface area (Å²) in [5, 5.41) is 11.6. The van der Waals surface area contributed by atoms with Gasteiger partial charge in [0.2, 0.25) is 5.91 Å². The molecule has 4 N–H and O–H groups in total. The molecular weight excluding hydrogens is 204 g/mol. The molecule has 1 rings (SSSR count). The predicted octanol–water partition coefficient (Wildman–Crippen LogP) is 0.698. The molecule has 0 aromatic heterocycles. The van der Waals surface area contributed by atoms with Crippen LogP contribution in [0.3, 0.4) is 0 Å². The summed E-state index contributed by atoms with van der Waals surface area (Å²) in [7, 11) is 0. The molecule has 0 aliphatic rings. The minimum absolute atomic E-state index is 0.0525. The number of nitrogens with one attached hydrogen (secondary N) is 1. The van der Waals surface area contributed by atoms with Gasteiger partial charge in [0.1, 0.15) is 0 Å². The zero-order chi connectivity index (χ0) is 12.0. The highest BCUT2D eigenvalue weighted by Crippen LogP contribution is 2.08. The first-order valence-electron chi connectivity index (χ1n) is 5.37. The number of hydrogen-bond donors (Lipinski definition) is 3. The van der Waals surface area contributed by atoms with Crippen molar-refractivity contribution in [3.63, 3.8) is 0 Å². The lowest BCUT2D eigenvalue weighted by Crippen LogP contribution is -2.30. The van der Waals surface area contributed by atoms with Crippen LogP contribution in [0.25, 0.3) is 0 Å². The smallest absolute Gasteiger partial charge is 0.220 e. The molecule has 1 atom stereocenters. The van der Waals surface area contributed by atoms with E-state index in [-0.39, 0.29) is 5.91 Å². The molecule has 0 aliphatic heterocycles. The number of aliphatic hydroxyl groups is 1. The fraction of sp³-hybridized carbons (Fsp3) is 0.417. The molecule has 88 valence electrons. The maximum Gasteiger partial charge on any atom is 0.220 e. The maximum atomic E-state index is 11.4. The Hall–Kier alpha value is -1.55. The van der Waals surface area contributed by atoms with Crippen molar-refractivity contribution in [3.05, 3.63) is 29.8 Å². The lowest BCUT2D eigenvalue weighted by molar-refractivity contribution is -0.121. The van der Waals surface area contributed by atoms with Crippen LogP contribution in [0.4, 0.5) is 5.69 Å². The van der Waals surface area contributed by atoms with Gasteiger partial charge in [0.15, 0.2) is 0 Å². The van der Waals surface area contributed by atoms with Gasteiger partial charge in [0.05, 0.1) is 6.10 Å². The summed E-state index contributed by atoms with van der Waals surface area (Å²) in [5.74, 6) is -0.0525. The summed E-state index contributed by atoms with van der Waals surface area (Å²) >= 11 is 0. The standard InChI is InChI=1S/C12H18N2O2/c1-9(15)8-14-12(16)6-5-10-3-2-4-11(13)7-10/h2-4,7,9,15H,5-6,8,13H2,1H3,(H,14,16)/t9-/m1/s1. The molecule has 0 fully saturated rings. The summed E-state index contributed by atoms with van der Waals surface area (Å²) in [6.45, 7) is 1.94. The predicted molar refractivity (Wildman–Crippen MR) is 63.9 cm³/mol. The zero-order valence-corrected chi connectivity index (χ0v) is 9.44. The molecule has 0 spiro atoms. The van der Waals surface area contributed by atoms with Crippen molar-refractivity contribution in [1.82, 2.24) is 5.32 Å². The first-order valence-corrected chi connectivity index (χ1v) is 5.37. The number of anilines is 1. The van der Waals surface area contributed by atoms with E-state index in [4.69, 9.17) is 10.8 Å². The van der Waals surface area contributed by atoms with E-state index < -0.39 is 6.10 Å². The molecule has 0 saturated carbocycles. The molecule has 1 aromatic carbocycles. The van der Waals surface area contributed by atoms with E-state index in [0.717, 1.165) is 5.56 Å². The Bertz CT molecular complexity index is 351. The molecule has 0 bridgehead atoms. The summed E-state index contributed by atoms with van der Waals surface area (Å²) in [4.78, 5) is 11.4. The number of nitrogen functional groups attached to an aromatic ring is 1. The van der Waals surface area contributed by atoms with Crippen molar-refractivity contribution in [2.75, 3.05) is 12.3 Å². The largest absolute Gasteiger partial charge is 0.399 e. The third-order valence-electron chi connectivity index (χ3n) is 2.19. The molecule has 0 heterocycles. The Kier molecular flexibility index (Phi) is 4.79. The first-order chi connectivity index (χ1) is 7.58. The number of amides is 1. The summed E-state index contributed by atoms with van der Waals surface area (Å²) < 4.78 is 0. The Labute approximate surface area is 95.5 Å². The van der Waals surface area contributed by atoms with E-state index in [1.165, 1.54) is 0 Å². The summed E-state index contributed by atoms with van der Waals surface area (Å²) in [5.41, 5.74) is 7.39. The number of benzene rings is 1. The number of aliphatic hydroxyl groups excluding tert-OH is 1. The van der Waals surface area contributed by atoms with E-state index in [1.54, 1.807) is 6.92 Å². The van der Waals surface area contributed by atoms with Gasteiger partial charge in [-0.3, -0.25) is 4.79 Å². The number of carbonyl (C=O) groups is 1. The fourth-order valence-corrected chi connectivity index (χ4v) is 1.36. The quantitative estimate of drug-likeness (QED) is 0.642. The van der Waals surface area contributed by atoms with Crippen LogP contribution in [0.1, 0.15) is 18.9 Å². The minimum atomic E-state index is -0.503. The van der Waals surface area contributed by atoms with Gasteiger partial charge in [-0.1, -0.05) is 12.1 Å². The van der Waals surface area contributed by atoms with Crippen molar-refractivity contribution < 1.29 is 9.90 Å². The zero-order valence-electron chi connectivity index (χ0n) is 9.44. The average molecular weight is 222 g/mol. The molecule has 0 aliphatic carbocycles. The molecular formula is C12H18N2O2. The van der Waals surface area contributed by atoms with Gasteiger partial charge in [0.25, 0.3) is 0 Å². The second kappa shape index (κ2) is 6.12. The summed E-state index contributed by atoms with van der Waals surface area (Å²) in [6, 6.07) is 7.50. The number of hydrogen-bond acceptors (Lipinski definition) is 3. The molecule has 4 heteroatoms. The molecule has 0 radical (unpaired) electrons. The number of nitrogens with two attached hydrogens (primary N) is 1. The van der Waals surface area contributed by atoms with Crippen LogP contribution in [0.5, 0.6) is 0 Å². The highest BCUT2D eigenvalue weighted by Gasteiger charge is 2.03. The van der Waals surface area contributed by atoms with Gasteiger partial charge in [-0.05, 0) is 31.0 Å². The molecule has 0 unspecified atom stereocenters. The highest BCUT2D eigenvalue weighted by atomic mass is 16.3. The van der Waals surface area contributed by atoms with Crippen LogP contribution in [0, 0.1) is 0 Å². The number of aryl methyl sites for hydroxylation is 1. The average Bonchev–Trinajstić information content (AvgIpc) is 2.23. The SMILES string of the molecule is C[C@@H](O)CNC(=O)CCc1cccc(N)c1. The molecule has 0 saturated heterocycles. The van der Waals surface area contributed by atoms with Crippen LogP contribution >= 0.6 is 0 Å². The van der Waals surface area contributed by atoms with E-state index in [2.05, 4.69) is 5.32 Å². The molecule has 1 amide bonds. The van der Waals surface area contributed by atoms with Crippen molar-refractivity contribution in [2.24, 2.45) is 0 Å². The van der Waals surface area contributed by atoms with Crippen LogP contribution in [0.15, 0.2) is 24.3 Å². The Morgan fingerprint density at radius 3 is 2.94 bits per heavy atom. The van der Waals surface area contributed by atoms with Gasteiger partial charge in [-0.2, -0.15) is 0 Å². The summed E-state index contributed by atoms with van der Waals surface area (Å²) in [6.07, 6.45) is 0.573. The van der Waals surface area contributed by atoms with Gasteiger partial charge < -0.3 is 16.2 Å². The third kappa shape index (κ3) is 4.79. The van der Waals surface area contributed by atoms with Crippen molar-refractivity contribution in [2.45, 2.75) is 25.9 Å². The highest BCUT2D eigenvalue weighted by molar-refractivity contribution is 5.76. The van der Waals surface area contributed by atoms with Crippen molar-refractivity contribution in [1.29, 1.82) is 0 Å². The maximum absolute atomic E-state index is 11.4. The third-order valence-corrected chi connectivity index (χ3v) is 2.19. The lowest BCUT2D eigenvalue weighted by Gasteiger charge is -2.07. The fourth-order valence-electron chi connectivity index (χ4n) is 1.36. The second-order valence-electron chi connectivity index (χ2n) is 3.90. The van der Waals surface area contributed by atoms with Crippen molar-refractivity contribution >= 4 is 11.6 Å². The van der Waals surface area contributed by atoms with E-state index in [9.17, 15) is 4.79 Å². The van der Waals surface area contributed by atoms with E-state index in [1.807, 2.05) is 24.3 Å². The second-order valence-corrected chi connectivity index (χ2v) is 3.90. The van der Waals surface area contributed by atoms with Gasteiger partial charge >= 0.3 is 0 Å². The van der Waals surface area contributed by atoms with Crippen molar-refractivity contribution in [3.8, 4) is 0 Å². The monoisotopic (exact) mass is 222 g/mol. The van der Waals surface area contributed by atoms with Crippen LogP contribution in [0.2, 0.25) is 0 Å². The van der Waals surface area contributed by atoms with Crippen LogP contribution < -0.4 is 11.1 Å². The lowest BCUT2D eigenvalue weighted by atomic mass is 10.1. The van der Waals surface area contributed by atoms with E-state index in [0.29, 0.717) is 25.1 Å². The van der Waals surface area contributed by atoms with Crippen LogP contribution in [-0.4, -0.2) is 23.7 Å². The Morgan fingerprint density at radius 1 is 1.56 bits per heavy atom. The van der Waals surface area contributed by atoms with Gasteiger partial charge in [-0.25, -0.2) is 0 Å². The number of carbonyl (C=O) groups excluding carboxylic acids is 1. The topological polar surface area (TPSA) is 75.3 Å². The minimum Gasteiger partial charge on any atom is -0.399 e. The molecule has 4 nitrogen and oxygen atoms in total. The van der Waals surface area contributed by atoms with Gasteiger partial charge in [0, 0.05) is 18.7 Å². The number of rotatable bonds is 5. The Morgan fingerprint density at radius 2 is 2.31 bits per heavy atom. The van der Waals surface area contributed by atoms with Gasteiger partial charge in [-0.15, -0.1) is 0 Å². The first kappa shape index (κ1) is 12.5. The molecule has 1 aromatic rings. The van der Waals surface area contributed by atoms with Crippen LogP contribution in [-0.2, 0) is 11.2 Å². The normalized spacial score (nSPS) is 12.1. The Balaban J connectivity index is 2.31.